The van der Waals surface area contributed by atoms with Crippen LogP contribution in [0, 0.1) is 0 Å². The summed E-state index contributed by atoms with van der Waals surface area (Å²) in [6.45, 7) is 1.39. The summed E-state index contributed by atoms with van der Waals surface area (Å²) in [6.07, 6.45) is 3.92. The first-order valence-corrected chi connectivity index (χ1v) is 9.30. The van der Waals surface area contributed by atoms with E-state index in [1.807, 2.05) is 28.8 Å². The van der Waals surface area contributed by atoms with E-state index in [9.17, 15) is 4.79 Å². The molecule has 1 aromatic carbocycles. The molecule has 5 heteroatoms. The number of hydrogen-bond acceptors (Lipinski definition) is 2. The summed E-state index contributed by atoms with van der Waals surface area (Å²) < 4.78 is 7.59. The maximum absolute atomic E-state index is 12.1. The highest BCUT2D eigenvalue weighted by Crippen LogP contribution is 2.20. The van der Waals surface area contributed by atoms with Gasteiger partial charge in [-0.1, -0.05) is 15.9 Å². The minimum Gasteiger partial charge on any atom is -0.494 e. The molecule has 22 heavy (non-hydrogen) atoms. The molecule has 0 spiro atoms. The third-order valence-corrected chi connectivity index (χ3v) is 4.35. The SMILES string of the molecule is O=c1ccc2ccc(OCCCCBr)cc2n1CCCCCl. The average molecular weight is 387 g/mol. The Morgan fingerprint density at radius 3 is 2.68 bits per heavy atom. The van der Waals surface area contributed by atoms with Crippen LogP contribution >= 0.6 is 27.5 Å². The molecule has 0 bridgehead atoms. The number of aromatic nitrogens is 1. The molecule has 2 aromatic rings. The van der Waals surface area contributed by atoms with Gasteiger partial charge in [0.05, 0.1) is 12.1 Å². The molecule has 0 amide bonds. The van der Waals surface area contributed by atoms with Crippen LogP contribution in [0.4, 0.5) is 0 Å². The van der Waals surface area contributed by atoms with Crippen LogP contribution in [-0.2, 0) is 6.54 Å². The minimum absolute atomic E-state index is 0.0264. The Morgan fingerprint density at radius 2 is 1.91 bits per heavy atom. The van der Waals surface area contributed by atoms with Crippen molar-refractivity contribution in [2.24, 2.45) is 0 Å². The van der Waals surface area contributed by atoms with Gasteiger partial charge in [0, 0.05) is 29.9 Å². The Kier molecular flexibility index (Phi) is 7.26. The molecule has 1 heterocycles. The van der Waals surface area contributed by atoms with Crippen molar-refractivity contribution in [3.63, 3.8) is 0 Å². The number of halogens is 2. The third kappa shape index (κ3) is 4.75. The Labute approximate surface area is 144 Å². The first-order chi connectivity index (χ1) is 10.8. The zero-order valence-electron chi connectivity index (χ0n) is 12.6. The monoisotopic (exact) mass is 385 g/mol. The zero-order valence-corrected chi connectivity index (χ0v) is 14.9. The van der Waals surface area contributed by atoms with E-state index in [1.165, 1.54) is 0 Å². The number of aryl methyl sites for hydroxylation is 1. The molecule has 0 saturated carbocycles. The van der Waals surface area contributed by atoms with E-state index in [2.05, 4.69) is 15.9 Å². The second kappa shape index (κ2) is 9.21. The molecule has 3 nitrogen and oxygen atoms in total. The first kappa shape index (κ1) is 17.4. The number of rotatable bonds is 9. The molecule has 0 atom stereocenters. The minimum atomic E-state index is 0.0264. The first-order valence-electron chi connectivity index (χ1n) is 7.64. The lowest BCUT2D eigenvalue weighted by molar-refractivity contribution is 0.310. The molecule has 0 N–H and O–H groups in total. The maximum atomic E-state index is 12.1. The van der Waals surface area contributed by atoms with Crippen molar-refractivity contribution in [2.75, 3.05) is 17.8 Å². The van der Waals surface area contributed by atoms with E-state index >= 15 is 0 Å². The van der Waals surface area contributed by atoms with Gasteiger partial charge in [-0.2, -0.15) is 0 Å². The molecule has 0 saturated heterocycles. The van der Waals surface area contributed by atoms with E-state index in [4.69, 9.17) is 16.3 Å². The van der Waals surface area contributed by atoms with Crippen LogP contribution in [0.1, 0.15) is 25.7 Å². The smallest absolute Gasteiger partial charge is 0.251 e. The van der Waals surface area contributed by atoms with Crippen molar-refractivity contribution >= 4 is 38.4 Å². The van der Waals surface area contributed by atoms with Gasteiger partial charge in [0.25, 0.3) is 5.56 Å². The fourth-order valence-corrected chi connectivity index (χ4v) is 2.92. The van der Waals surface area contributed by atoms with Crippen LogP contribution < -0.4 is 10.3 Å². The summed E-state index contributed by atoms with van der Waals surface area (Å²) in [4.78, 5) is 12.1. The highest BCUT2D eigenvalue weighted by Gasteiger charge is 2.05. The zero-order chi connectivity index (χ0) is 15.8. The standard InChI is InChI=1S/C17H21BrClNO2/c18-9-1-4-12-22-15-7-5-14-6-8-17(21)20(16(14)13-15)11-3-2-10-19/h5-8,13H,1-4,9-12H2. The second-order valence-electron chi connectivity index (χ2n) is 5.18. The van der Waals surface area contributed by atoms with Crippen molar-refractivity contribution in [2.45, 2.75) is 32.2 Å². The fraction of sp³-hybridized carbons (Fsp3) is 0.471. The van der Waals surface area contributed by atoms with Crippen LogP contribution in [0.2, 0.25) is 0 Å². The maximum Gasteiger partial charge on any atom is 0.251 e. The predicted octanol–water partition coefficient (Wildman–Crippen LogP) is 4.57. The van der Waals surface area contributed by atoms with Crippen LogP contribution in [0.3, 0.4) is 0 Å². The van der Waals surface area contributed by atoms with Crippen LogP contribution in [0.25, 0.3) is 10.9 Å². The Balaban J connectivity index is 2.20. The topological polar surface area (TPSA) is 31.2 Å². The molecular formula is C17H21BrClNO2. The number of benzene rings is 1. The van der Waals surface area contributed by atoms with E-state index in [0.717, 1.165) is 47.7 Å². The van der Waals surface area contributed by atoms with Crippen molar-refractivity contribution in [1.82, 2.24) is 4.57 Å². The van der Waals surface area contributed by atoms with Gasteiger partial charge in [-0.15, -0.1) is 11.6 Å². The molecule has 0 fully saturated rings. The highest BCUT2D eigenvalue weighted by atomic mass is 79.9. The third-order valence-electron chi connectivity index (χ3n) is 3.53. The number of fused-ring (bicyclic) bond motifs is 1. The van der Waals surface area contributed by atoms with Crippen molar-refractivity contribution in [3.8, 4) is 5.75 Å². The summed E-state index contributed by atoms with van der Waals surface area (Å²) in [5, 5.41) is 2.05. The molecule has 1 aromatic heterocycles. The molecule has 120 valence electrons. The van der Waals surface area contributed by atoms with Gasteiger partial charge in [-0.3, -0.25) is 4.79 Å². The number of unbranched alkanes of at least 4 members (excludes halogenated alkanes) is 2. The molecule has 0 radical (unpaired) electrons. The van der Waals surface area contributed by atoms with Crippen molar-refractivity contribution < 1.29 is 4.74 Å². The largest absolute Gasteiger partial charge is 0.494 e. The van der Waals surface area contributed by atoms with Gasteiger partial charge in [-0.05, 0) is 49.3 Å². The summed E-state index contributed by atoms with van der Waals surface area (Å²) in [6, 6.07) is 9.42. The molecule has 0 unspecified atom stereocenters. The summed E-state index contributed by atoms with van der Waals surface area (Å²) in [5.41, 5.74) is 0.957. The Bertz CT molecular complexity index is 657. The van der Waals surface area contributed by atoms with Gasteiger partial charge in [-0.25, -0.2) is 0 Å². The van der Waals surface area contributed by atoms with Crippen LogP contribution in [0.15, 0.2) is 35.1 Å². The number of ether oxygens (including phenoxy) is 1. The van der Waals surface area contributed by atoms with Crippen molar-refractivity contribution in [1.29, 1.82) is 0 Å². The van der Waals surface area contributed by atoms with Crippen LogP contribution in [-0.4, -0.2) is 22.4 Å². The van der Waals surface area contributed by atoms with Crippen LogP contribution in [0.5, 0.6) is 5.75 Å². The number of hydrogen-bond donors (Lipinski definition) is 0. The number of alkyl halides is 2. The van der Waals surface area contributed by atoms with Gasteiger partial charge in [0.15, 0.2) is 0 Å². The van der Waals surface area contributed by atoms with E-state index < -0.39 is 0 Å². The normalized spacial score (nSPS) is 11.0. The molecular weight excluding hydrogens is 366 g/mol. The highest BCUT2D eigenvalue weighted by molar-refractivity contribution is 9.09. The quantitative estimate of drug-likeness (QED) is 0.467. The second-order valence-corrected chi connectivity index (χ2v) is 6.36. The van der Waals surface area contributed by atoms with E-state index in [-0.39, 0.29) is 5.56 Å². The average Bonchev–Trinajstić information content (AvgIpc) is 2.54. The number of pyridine rings is 1. The summed E-state index contributed by atoms with van der Waals surface area (Å²) in [5.74, 6) is 1.44. The van der Waals surface area contributed by atoms with Gasteiger partial charge < -0.3 is 9.30 Å². The molecule has 2 rings (SSSR count). The molecule has 0 aliphatic carbocycles. The van der Waals surface area contributed by atoms with E-state index in [1.54, 1.807) is 6.07 Å². The summed E-state index contributed by atoms with van der Waals surface area (Å²) >= 11 is 9.14. The molecule has 0 aliphatic rings. The van der Waals surface area contributed by atoms with Gasteiger partial charge in [0.2, 0.25) is 0 Å². The lowest BCUT2D eigenvalue weighted by Gasteiger charge is -2.12. The van der Waals surface area contributed by atoms with Crippen molar-refractivity contribution in [3.05, 3.63) is 40.7 Å². The lowest BCUT2D eigenvalue weighted by Crippen LogP contribution is -2.19. The number of nitrogens with zero attached hydrogens (tertiary/aromatic N) is 1. The van der Waals surface area contributed by atoms with Gasteiger partial charge in [0.1, 0.15) is 5.75 Å². The van der Waals surface area contributed by atoms with E-state index in [0.29, 0.717) is 19.0 Å². The molecule has 0 aliphatic heterocycles. The Morgan fingerprint density at radius 1 is 1.09 bits per heavy atom. The summed E-state index contributed by atoms with van der Waals surface area (Å²) in [7, 11) is 0. The lowest BCUT2D eigenvalue weighted by atomic mass is 10.2. The predicted molar refractivity (Wildman–Crippen MR) is 96.7 cm³/mol. The Hall–Kier alpha value is -1.00. The van der Waals surface area contributed by atoms with Gasteiger partial charge >= 0.3 is 0 Å². The fourth-order valence-electron chi connectivity index (χ4n) is 2.34.